The Morgan fingerprint density at radius 1 is 0.511 bits per heavy atom. The molecule has 2 fully saturated rings. The van der Waals surface area contributed by atoms with E-state index in [1.807, 2.05) is 64.6 Å². The lowest BCUT2D eigenvalue weighted by atomic mass is 9.88. The highest BCUT2D eigenvalue weighted by atomic mass is 16.9. The Morgan fingerprint density at radius 2 is 0.889 bits per heavy atom. The van der Waals surface area contributed by atoms with Crippen molar-refractivity contribution in [1.29, 1.82) is 0 Å². The van der Waals surface area contributed by atoms with Crippen LogP contribution in [0.25, 0.3) is 12.2 Å². The van der Waals surface area contributed by atoms with Gasteiger partial charge in [0, 0.05) is 64.0 Å². The predicted octanol–water partition coefficient (Wildman–Crippen LogP) is 8.07. The minimum absolute atomic E-state index is 0.261. The van der Waals surface area contributed by atoms with Gasteiger partial charge in [0.2, 0.25) is 0 Å². The summed E-state index contributed by atoms with van der Waals surface area (Å²) in [7, 11) is 8.17. The molecule has 4 unspecified atom stereocenters. The molecule has 0 radical (unpaired) electrons. The lowest BCUT2D eigenvalue weighted by Gasteiger charge is -2.56. The zero-order valence-electron chi connectivity index (χ0n) is 26.5. The van der Waals surface area contributed by atoms with Gasteiger partial charge in [-0.1, -0.05) is 109 Å². The average molecular weight is 602 g/mol. The molecule has 0 saturated carbocycles. The summed E-state index contributed by atoms with van der Waals surface area (Å²) in [6.45, 7) is -2.56. The third-order valence-electron chi connectivity index (χ3n) is 8.41. The molecular weight excluding hydrogens is 559 g/mol. The number of anilines is 2. The van der Waals surface area contributed by atoms with Gasteiger partial charge in [0.25, 0.3) is 0 Å². The van der Waals surface area contributed by atoms with E-state index in [1.54, 1.807) is 0 Å². The van der Waals surface area contributed by atoms with Gasteiger partial charge < -0.3 is 28.4 Å². The molecule has 0 bridgehead atoms. The molecule has 6 nitrogen and oxygen atoms in total. The first-order chi connectivity index (χ1) is 21.9. The molecular formula is C38H42BN2O4-. The van der Waals surface area contributed by atoms with E-state index in [2.05, 4.69) is 107 Å². The van der Waals surface area contributed by atoms with Crippen molar-refractivity contribution in [3.8, 4) is 0 Å². The van der Waals surface area contributed by atoms with Gasteiger partial charge in [-0.05, 0) is 59.4 Å². The Morgan fingerprint density at radius 3 is 1.24 bits per heavy atom. The summed E-state index contributed by atoms with van der Waals surface area (Å²) in [4.78, 5) is 4.19. The maximum Gasteiger partial charge on any atom is 0.532 e. The van der Waals surface area contributed by atoms with E-state index < -0.39 is 6.96 Å². The number of rotatable bonds is 8. The van der Waals surface area contributed by atoms with E-state index in [-0.39, 0.29) is 24.4 Å². The first kappa shape index (κ1) is 30.9. The van der Waals surface area contributed by atoms with Gasteiger partial charge in [0.05, 0.1) is 0 Å². The highest BCUT2D eigenvalue weighted by Gasteiger charge is 2.47. The van der Waals surface area contributed by atoms with Crippen LogP contribution in [0.3, 0.4) is 0 Å². The molecule has 6 rings (SSSR count). The number of nitrogens with zero attached hydrogens (tertiary/aromatic N) is 2. The van der Waals surface area contributed by atoms with E-state index in [9.17, 15) is 0 Å². The molecule has 7 heteroatoms. The minimum atomic E-state index is -2.56. The molecule has 2 aliphatic rings. The summed E-state index contributed by atoms with van der Waals surface area (Å²) in [6.07, 6.45) is 8.60. The summed E-state index contributed by atoms with van der Waals surface area (Å²) in [6, 6.07) is 37.5. The van der Waals surface area contributed by atoms with Gasteiger partial charge in [-0.3, -0.25) is 0 Å². The number of benzene rings is 4. The average Bonchev–Trinajstić information content (AvgIpc) is 3.07. The zero-order valence-corrected chi connectivity index (χ0v) is 26.5. The fourth-order valence-corrected chi connectivity index (χ4v) is 5.88. The van der Waals surface area contributed by atoms with Crippen molar-refractivity contribution in [3.63, 3.8) is 0 Å². The number of hydrogen-bond acceptors (Lipinski definition) is 6. The van der Waals surface area contributed by atoms with E-state index in [1.165, 1.54) is 0 Å². The molecule has 2 saturated heterocycles. The lowest BCUT2D eigenvalue weighted by molar-refractivity contribution is -0.156. The van der Waals surface area contributed by atoms with Crippen LogP contribution in [0.4, 0.5) is 11.4 Å². The molecule has 0 N–H and O–H groups in total. The molecule has 4 aromatic carbocycles. The second-order valence-electron chi connectivity index (χ2n) is 12.2. The highest BCUT2D eigenvalue weighted by Crippen LogP contribution is 2.43. The molecule has 4 aromatic rings. The monoisotopic (exact) mass is 601 g/mol. The van der Waals surface area contributed by atoms with Gasteiger partial charge in [-0.2, -0.15) is 0 Å². The van der Waals surface area contributed by atoms with Gasteiger partial charge in [0.15, 0.2) is 0 Å². The van der Waals surface area contributed by atoms with Crippen LogP contribution in [0, 0.1) is 0 Å². The third kappa shape index (κ3) is 7.75. The van der Waals surface area contributed by atoms with E-state index >= 15 is 0 Å². The lowest BCUT2D eigenvalue weighted by Crippen LogP contribution is -2.59. The first-order valence-corrected chi connectivity index (χ1v) is 15.7. The summed E-state index contributed by atoms with van der Waals surface area (Å²) in [5.41, 5.74) is 6.65. The van der Waals surface area contributed by atoms with Crippen molar-refractivity contribution in [3.05, 3.63) is 144 Å². The van der Waals surface area contributed by atoms with Crippen LogP contribution in [0.15, 0.2) is 121 Å². The van der Waals surface area contributed by atoms with Crippen molar-refractivity contribution in [2.75, 3.05) is 38.0 Å². The van der Waals surface area contributed by atoms with Crippen molar-refractivity contribution < 1.29 is 18.6 Å². The fourth-order valence-electron chi connectivity index (χ4n) is 5.88. The molecule has 0 amide bonds. The van der Waals surface area contributed by atoms with Gasteiger partial charge >= 0.3 is 6.96 Å². The van der Waals surface area contributed by atoms with Crippen LogP contribution in [-0.2, 0) is 18.6 Å². The molecule has 2 heterocycles. The van der Waals surface area contributed by atoms with Crippen molar-refractivity contribution in [2.45, 2.75) is 37.3 Å². The highest BCUT2D eigenvalue weighted by molar-refractivity contribution is 6.54. The second-order valence-corrected chi connectivity index (χ2v) is 12.2. The smallest absolute Gasteiger partial charge is 0.513 e. The van der Waals surface area contributed by atoms with Crippen molar-refractivity contribution in [1.82, 2.24) is 0 Å². The van der Waals surface area contributed by atoms with E-state index in [0.29, 0.717) is 12.8 Å². The van der Waals surface area contributed by atoms with Gasteiger partial charge in [-0.15, -0.1) is 0 Å². The third-order valence-corrected chi connectivity index (χ3v) is 8.41. The van der Waals surface area contributed by atoms with Crippen LogP contribution >= 0.6 is 0 Å². The largest absolute Gasteiger partial charge is 0.532 e. The number of hydrogen-bond donors (Lipinski definition) is 0. The molecule has 4 atom stereocenters. The summed E-state index contributed by atoms with van der Waals surface area (Å²) < 4.78 is 26.8. The Hall–Kier alpha value is -4.14. The summed E-state index contributed by atoms with van der Waals surface area (Å²) in [5.74, 6) is 0. The van der Waals surface area contributed by atoms with Gasteiger partial charge in [0.1, 0.15) is 0 Å². The SMILES string of the molecule is CN(C)c1ccc(/C=C/C2CC(c3ccccc3)O[B-]3(O2)OC(/C=C/c2ccc(N(C)C)cc2)CC(c2ccccc2)O3)cc1. The standard InChI is InChI=1S/C38H42BN2O4/c1-40(2)33-21-15-29(16-22-33)19-25-35-27-37(31-11-7-5-8-12-31)44-39(42-35)43-36(28-38(45-39)32-13-9-6-10-14-32)26-20-30-17-23-34(24-18-30)41(3)4/h5-26,35-38H,27-28H2,1-4H3/q-1/b25-19+,26-20+. The zero-order chi connectivity index (χ0) is 31.2. The normalized spacial score (nSPS) is 25.2. The van der Waals surface area contributed by atoms with Crippen LogP contribution in [0.1, 0.15) is 47.3 Å². The Kier molecular flexibility index (Phi) is 9.52. The Balaban J connectivity index is 1.30. The van der Waals surface area contributed by atoms with Crippen LogP contribution in [0.5, 0.6) is 0 Å². The summed E-state index contributed by atoms with van der Waals surface area (Å²) in [5, 5.41) is 0. The first-order valence-electron chi connectivity index (χ1n) is 15.7. The second kappa shape index (κ2) is 13.9. The quantitative estimate of drug-likeness (QED) is 0.190. The molecule has 1 spiro atoms. The van der Waals surface area contributed by atoms with Crippen LogP contribution < -0.4 is 9.80 Å². The van der Waals surface area contributed by atoms with Gasteiger partial charge in [-0.25, -0.2) is 0 Å². The maximum atomic E-state index is 6.72. The minimum Gasteiger partial charge on any atom is -0.513 e. The van der Waals surface area contributed by atoms with E-state index in [0.717, 1.165) is 33.6 Å². The summed E-state index contributed by atoms with van der Waals surface area (Å²) >= 11 is 0. The molecule has 232 valence electrons. The Labute approximate surface area is 267 Å². The van der Waals surface area contributed by atoms with E-state index in [4.69, 9.17) is 18.6 Å². The maximum absolute atomic E-state index is 6.72. The molecule has 2 aliphatic heterocycles. The topological polar surface area (TPSA) is 43.4 Å². The van der Waals surface area contributed by atoms with Crippen LogP contribution in [-0.4, -0.2) is 47.4 Å². The van der Waals surface area contributed by atoms with Crippen molar-refractivity contribution in [2.24, 2.45) is 0 Å². The molecule has 0 aromatic heterocycles. The molecule has 45 heavy (non-hydrogen) atoms. The van der Waals surface area contributed by atoms with Crippen LogP contribution in [0.2, 0.25) is 0 Å². The Bertz CT molecular complexity index is 1450. The fraction of sp³-hybridized carbons (Fsp3) is 0.263. The predicted molar refractivity (Wildman–Crippen MR) is 185 cm³/mol. The van der Waals surface area contributed by atoms with Crippen molar-refractivity contribution >= 4 is 30.5 Å². The molecule has 0 aliphatic carbocycles.